The second-order valence-corrected chi connectivity index (χ2v) is 4.69. The van der Waals surface area contributed by atoms with Crippen LogP contribution in [0.15, 0.2) is 18.2 Å². The van der Waals surface area contributed by atoms with E-state index in [0.717, 1.165) is 24.8 Å². The summed E-state index contributed by atoms with van der Waals surface area (Å²) >= 11 is 0. The van der Waals surface area contributed by atoms with Gasteiger partial charge >= 0.3 is 0 Å². The van der Waals surface area contributed by atoms with Crippen LogP contribution in [0.2, 0.25) is 0 Å². The quantitative estimate of drug-likeness (QED) is 0.759. The van der Waals surface area contributed by atoms with E-state index in [9.17, 15) is 8.78 Å². The zero-order valence-electron chi connectivity index (χ0n) is 8.76. The van der Waals surface area contributed by atoms with Crippen molar-refractivity contribution in [2.24, 2.45) is 5.73 Å². The summed E-state index contributed by atoms with van der Waals surface area (Å²) < 4.78 is 25.9. The van der Waals surface area contributed by atoms with Crippen molar-refractivity contribution >= 4 is 0 Å². The lowest BCUT2D eigenvalue weighted by Crippen LogP contribution is -2.22. The van der Waals surface area contributed by atoms with Crippen LogP contribution in [0, 0.1) is 11.6 Å². The summed E-state index contributed by atoms with van der Waals surface area (Å²) in [5.74, 6) is -1.56. The summed E-state index contributed by atoms with van der Waals surface area (Å²) in [4.78, 5) is 0. The molecule has 1 aliphatic carbocycles. The molecule has 15 heavy (non-hydrogen) atoms. The van der Waals surface area contributed by atoms with Crippen molar-refractivity contribution < 1.29 is 8.78 Å². The summed E-state index contributed by atoms with van der Waals surface area (Å²) in [6.07, 6.45) is 2.74. The summed E-state index contributed by atoms with van der Waals surface area (Å²) in [5.41, 5.74) is 6.61. The van der Waals surface area contributed by atoms with E-state index in [0.29, 0.717) is 0 Å². The molecule has 2 atom stereocenters. The predicted octanol–water partition coefficient (Wildman–Crippen LogP) is 2.73. The molecule has 1 nitrogen and oxygen atoms in total. The van der Waals surface area contributed by atoms with Crippen LogP contribution >= 0.6 is 0 Å². The number of rotatable bonds is 1. The summed E-state index contributed by atoms with van der Waals surface area (Å²) in [5, 5.41) is 0. The highest BCUT2D eigenvalue weighted by molar-refractivity contribution is 5.27. The molecule has 0 aromatic heterocycles. The first-order chi connectivity index (χ1) is 7.01. The van der Waals surface area contributed by atoms with Gasteiger partial charge in [0, 0.05) is 6.04 Å². The Labute approximate surface area is 88.3 Å². The topological polar surface area (TPSA) is 26.0 Å². The molecule has 1 saturated carbocycles. The zero-order chi connectivity index (χ0) is 11.1. The third-order valence-electron chi connectivity index (χ3n) is 3.40. The van der Waals surface area contributed by atoms with Gasteiger partial charge in [0.25, 0.3) is 0 Å². The van der Waals surface area contributed by atoms with Gasteiger partial charge in [-0.2, -0.15) is 0 Å². The van der Waals surface area contributed by atoms with Crippen molar-refractivity contribution in [3.63, 3.8) is 0 Å². The van der Waals surface area contributed by atoms with E-state index in [1.807, 2.05) is 0 Å². The third kappa shape index (κ3) is 1.88. The standard InChI is InChI=1S/C12H15F2N/c1-12(5-4-9(15)7-12)8-2-3-10(13)11(14)6-8/h2-3,6,9H,4-5,7,15H2,1H3. The minimum absolute atomic E-state index is 0.0893. The fraction of sp³-hybridized carbons (Fsp3) is 0.500. The van der Waals surface area contributed by atoms with Gasteiger partial charge < -0.3 is 5.73 Å². The van der Waals surface area contributed by atoms with Gasteiger partial charge in [-0.25, -0.2) is 8.78 Å². The lowest BCUT2D eigenvalue weighted by molar-refractivity contribution is 0.465. The normalized spacial score (nSPS) is 30.8. The highest BCUT2D eigenvalue weighted by atomic mass is 19.2. The smallest absolute Gasteiger partial charge is 0.159 e. The largest absolute Gasteiger partial charge is 0.328 e. The van der Waals surface area contributed by atoms with Crippen molar-refractivity contribution in [3.8, 4) is 0 Å². The second-order valence-electron chi connectivity index (χ2n) is 4.69. The van der Waals surface area contributed by atoms with E-state index in [2.05, 4.69) is 6.92 Å². The molecule has 0 saturated heterocycles. The Balaban J connectivity index is 2.33. The molecular weight excluding hydrogens is 196 g/mol. The van der Waals surface area contributed by atoms with Crippen LogP contribution in [0.1, 0.15) is 31.7 Å². The fourth-order valence-electron chi connectivity index (χ4n) is 2.42. The molecular formula is C12H15F2N. The molecule has 0 aliphatic heterocycles. The molecule has 2 unspecified atom stereocenters. The van der Waals surface area contributed by atoms with E-state index in [4.69, 9.17) is 5.73 Å². The Morgan fingerprint density at radius 1 is 1.33 bits per heavy atom. The molecule has 3 heteroatoms. The lowest BCUT2D eigenvalue weighted by Gasteiger charge is -2.24. The first kappa shape index (κ1) is 10.6. The molecule has 0 heterocycles. The van der Waals surface area contributed by atoms with E-state index < -0.39 is 11.6 Å². The molecule has 1 fully saturated rings. The second kappa shape index (κ2) is 3.56. The van der Waals surface area contributed by atoms with Crippen LogP contribution in [0.25, 0.3) is 0 Å². The van der Waals surface area contributed by atoms with Crippen LogP contribution in [-0.4, -0.2) is 6.04 Å². The van der Waals surface area contributed by atoms with Gasteiger partial charge in [-0.1, -0.05) is 13.0 Å². The Morgan fingerprint density at radius 2 is 2.07 bits per heavy atom. The molecule has 0 amide bonds. The van der Waals surface area contributed by atoms with Crippen LogP contribution in [0.4, 0.5) is 8.78 Å². The number of nitrogens with two attached hydrogens (primary N) is 1. The summed E-state index contributed by atoms with van der Waals surface area (Å²) in [6.45, 7) is 2.06. The average Bonchev–Trinajstić information content (AvgIpc) is 2.52. The van der Waals surface area contributed by atoms with Gasteiger partial charge in [0.1, 0.15) is 0 Å². The monoisotopic (exact) mass is 211 g/mol. The van der Waals surface area contributed by atoms with Crippen LogP contribution in [-0.2, 0) is 5.41 Å². The van der Waals surface area contributed by atoms with E-state index in [-0.39, 0.29) is 11.5 Å². The number of hydrogen-bond acceptors (Lipinski definition) is 1. The zero-order valence-corrected chi connectivity index (χ0v) is 8.76. The number of hydrogen-bond donors (Lipinski definition) is 1. The lowest BCUT2D eigenvalue weighted by atomic mass is 9.81. The molecule has 1 aromatic carbocycles. The summed E-state index contributed by atoms with van der Waals surface area (Å²) in [6, 6.07) is 4.34. The summed E-state index contributed by atoms with van der Waals surface area (Å²) in [7, 11) is 0. The Kier molecular flexibility index (Phi) is 2.51. The van der Waals surface area contributed by atoms with Crippen molar-refractivity contribution in [1.29, 1.82) is 0 Å². The van der Waals surface area contributed by atoms with Gasteiger partial charge in [-0.05, 0) is 42.4 Å². The molecule has 2 rings (SSSR count). The fourth-order valence-corrected chi connectivity index (χ4v) is 2.42. The minimum atomic E-state index is -0.787. The first-order valence-electron chi connectivity index (χ1n) is 5.22. The predicted molar refractivity (Wildman–Crippen MR) is 55.5 cm³/mol. The molecule has 2 N–H and O–H groups in total. The van der Waals surface area contributed by atoms with Gasteiger partial charge in [-0.15, -0.1) is 0 Å². The highest BCUT2D eigenvalue weighted by Crippen LogP contribution is 2.40. The minimum Gasteiger partial charge on any atom is -0.328 e. The maximum absolute atomic E-state index is 13.1. The molecule has 0 radical (unpaired) electrons. The maximum Gasteiger partial charge on any atom is 0.159 e. The highest BCUT2D eigenvalue weighted by Gasteiger charge is 2.35. The molecule has 1 aliphatic rings. The number of benzene rings is 1. The van der Waals surface area contributed by atoms with Crippen molar-refractivity contribution in [3.05, 3.63) is 35.4 Å². The van der Waals surface area contributed by atoms with Gasteiger partial charge in [0.05, 0.1) is 0 Å². The van der Waals surface area contributed by atoms with Gasteiger partial charge in [0.15, 0.2) is 11.6 Å². The van der Waals surface area contributed by atoms with Crippen molar-refractivity contribution in [1.82, 2.24) is 0 Å². The number of halogens is 2. The first-order valence-corrected chi connectivity index (χ1v) is 5.22. The maximum atomic E-state index is 13.1. The molecule has 0 spiro atoms. The van der Waals surface area contributed by atoms with Crippen molar-refractivity contribution in [2.75, 3.05) is 0 Å². The molecule has 82 valence electrons. The van der Waals surface area contributed by atoms with Crippen LogP contribution < -0.4 is 5.73 Å². The third-order valence-corrected chi connectivity index (χ3v) is 3.40. The Bertz CT molecular complexity index is 378. The average molecular weight is 211 g/mol. The molecule has 1 aromatic rings. The van der Waals surface area contributed by atoms with E-state index in [1.54, 1.807) is 6.07 Å². The Hall–Kier alpha value is -0.960. The van der Waals surface area contributed by atoms with Gasteiger partial charge in [-0.3, -0.25) is 0 Å². The van der Waals surface area contributed by atoms with Crippen molar-refractivity contribution in [2.45, 2.75) is 37.6 Å². The van der Waals surface area contributed by atoms with Crippen LogP contribution in [0.3, 0.4) is 0 Å². The molecule has 0 bridgehead atoms. The van der Waals surface area contributed by atoms with Gasteiger partial charge in [0.2, 0.25) is 0 Å². The van der Waals surface area contributed by atoms with Crippen LogP contribution in [0.5, 0.6) is 0 Å². The van der Waals surface area contributed by atoms with E-state index >= 15 is 0 Å². The SMILES string of the molecule is CC1(c2ccc(F)c(F)c2)CCC(N)C1. The Morgan fingerprint density at radius 3 is 2.60 bits per heavy atom. The van der Waals surface area contributed by atoms with E-state index in [1.165, 1.54) is 12.1 Å².